The molecule has 0 heteroatoms. The van der Waals surface area contributed by atoms with Gasteiger partial charge in [0, 0.05) is 5.41 Å². The topological polar surface area (TPSA) is 0 Å². The molecule has 28 heavy (non-hydrogen) atoms. The monoisotopic (exact) mass is 382 g/mol. The zero-order valence-corrected chi connectivity index (χ0v) is 19.4. The van der Waals surface area contributed by atoms with E-state index in [0.29, 0.717) is 10.8 Å². The van der Waals surface area contributed by atoms with Crippen LogP contribution in [-0.2, 0) is 0 Å². The van der Waals surface area contributed by atoms with Gasteiger partial charge in [-0.1, -0.05) is 96.1 Å². The van der Waals surface area contributed by atoms with Gasteiger partial charge >= 0.3 is 0 Å². The van der Waals surface area contributed by atoms with E-state index in [0.717, 1.165) is 11.8 Å². The summed E-state index contributed by atoms with van der Waals surface area (Å²) in [6.45, 7) is 9.73. The molecular weight excluding hydrogens is 336 g/mol. The summed E-state index contributed by atoms with van der Waals surface area (Å²) < 4.78 is 0. The van der Waals surface area contributed by atoms with Crippen LogP contribution in [0.15, 0.2) is 35.5 Å². The van der Waals surface area contributed by atoms with E-state index in [1.807, 2.05) is 11.1 Å². The molecule has 0 amide bonds. The van der Waals surface area contributed by atoms with E-state index < -0.39 is 0 Å². The van der Waals surface area contributed by atoms with Crippen molar-refractivity contribution in [3.63, 3.8) is 0 Å². The van der Waals surface area contributed by atoms with Gasteiger partial charge in [0.25, 0.3) is 0 Å². The summed E-state index contributed by atoms with van der Waals surface area (Å²) in [5, 5.41) is 0. The minimum absolute atomic E-state index is 0.446. The average Bonchev–Trinajstić information content (AvgIpc) is 3.28. The van der Waals surface area contributed by atoms with Crippen LogP contribution in [0, 0.1) is 22.7 Å². The highest BCUT2D eigenvalue weighted by Crippen LogP contribution is 2.71. The summed E-state index contributed by atoms with van der Waals surface area (Å²) in [5.41, 5.74) is 4.69. The molecule has 0 heterocycles. The van der Waals surface area contributed by atoms with Crippen LogP contribution in [0.25, 0.3) is 0 Å². The number of unbranched alkanes of at least 4 members (excludes halogenated alkanes) is 3. The average molecular weight is 383 g/mol. The zero-order chi connectivity index (χ0) is 20.0. The van der Waals surface area contributed by atoms with Crippen molar-refractivity contribution in [2.75, 3.05) is 0 Å². The lowest BCUT2D eigenvalue weighted by Crippen LogP contribution is -2.46. The molecule has 3 aliphatic carbocycles. The first kappa shape index (κ1) is 21.9. The Kier molecular flexibility index (Phi) is 7.68. The molecule has 0 saturated heterocycles. The van der Waals surface area contributed by atoms with Crippen LogP contribution in [0.4, 0.5) is 0 Å². The van der Waals surface area contributed by atoms with Crippen molar-refractivity contribution in [2.24, 2.45) is 22.7 Å². The van der Waals surface area contributed by atoms with E-state index in [9.17, 15) is 0 Å². The Labute approximate surface area is 176 Å². The molecule has 158 valence electrons. The number of hydrogen-bond acceptors (Lipinski definition) is 0. The third-order valence-electron chi connectivity index (χ3n) is 8.70. The first-order valence-corrected chi connectivity index (χ1v) is 12.8. The van der Waals surface area contributed by atoms with Gasteiger partial charge in [0.2, 0.25) is 0 Å². The standard InChI is InChI=1S/C28H46/c1-5-9-20-27(8-4)25-19-15-18-24(25)26(23-16-13-12-14-17-23)28(27,21-10-6-2)22-11-7-3/h12-13,15,19,23,26H,5-11,14,16-18,20-22H2,1-4H3. The second-order valence-electron chi connectivity index (χ2n) is 9.97. The van der Waals surface area contributed by atoms with Gasteiger partial charge in [0.05, 0.1) is 0 Å². The van der Waals surface area contributed by atoms with E-state index in [1.54, 1.807) is 0 Å². The van der Waals surface area contributed by atoms with Gasteiger partial charge in [-0.2, -0.15) is 0 Å². The molecule has 0 bridgehead atoms. The van der Waals surface area contributed by atoms with Crippen LogP contribution >= 0.6 is 0 Å². The van der Waals surface area contributed by atoms with Crippen molar-refractivity contribution in [1.82, 2.24) is 0 Å². The summed E-state index contributed by atoms with van der Waals surface area (Å²) in [7, 11) is 0. The molecular formula is C28H46. The molecule has 0 aromatic rings. The van der Waals surface area contributed by atoms with Crippen LogP contribution in [0.1, 0.15) is 118 Å². The fourth-order valence-corrected chi connectivity index (χ4v) is 7.52. The molecule has 0 fully saturated rings. The first-order valence-electron chi connectivity index (χ1n) is 12.8. The molecule has 0 saturated carbocycles. The highest BCUT2D eigenvalue weighted by atomic mass is 14.7. The number of allylic oxidation sites excluding steroid dienone is 6. The maximum Gasteiger partial charge on any atom is 0.00123 e. The van der Waals surface area contributed by atoms with Crippen LogP contribution in [0.2, 0.25) is 0 Å². The van der Waals surface area contributed by atoms with Crippen LogP contribution in [0.5, 0.6) is 0 Å². The minimum atomic E-state index is 0.446. The highest BCUT2D eigenvalue weighted by Gasteiger charge is 2.62. The van der Waals surface area contributed by atoms with Gasteiger partial charge < -0.3 is 0 Å². The fraction of sp³-hybridized carbons (Fsp3) is 0.786. The smallest absolute Gasteiger partial charge is 0.00123 e. The maximum absolute atomic E-state index is 2.60. The molecule has 3 atom stereocenters. The van der Waals surface area contributed by atoms with E-state index >= 15 is 0 Å². The molecule has 0 aliphatic heterocycles. The van der Waals surface area contributed by atoms with Gasteiger partial charge in [-0.05, 0) is 74.2 Å². The molecule has 0 nitrogen and oxygen atoms in total. The van der Waals surface area contributed by atoms with Gasteiger partial charge in [0.1, 0.15) is 0 Å². The molecule has 3 unspecified atom stereocenters. The van der Waals surface area contributed by atoms with E-state index in [1.165, 1.54) is 89.9 Å². The highest BCUT2D eigenvalue weighted by molar-refractivity contribution is 5.49. The summed E-state index contributed by atoms with van der Waals surface area (Å²) in [5.74, 6) is 1.73. The normalized spacial score (nSPS) is 31.0. The third-order valence-corrected chi connectivity index (χ3v) is 8.70. The summed E-state index contributed by atoms with van der Waals surface area (Å²) in [6.07, 6.45) is 29.3. The molecule has 0 radical (unpaired) electrons. The molecule has 3 rings (SSSR count). The predicted molar refractivity (Wildman–Crippen MR) is 124 cm³/mol. The molecule has 0 aromatic heterocycles. The van der Waals surface area contributed by atoms with Crippen molar-refractivity contribution in [2.45, 2.75) is 118 Å². The molecule has 3 aliphatic rings. The van der Waals surface area contributed by atoms with E-state index in [2.05, 4.69) is 52.0 Å². The van der Waals surface area contributed by atoms with Crippen molar-refractivity contribution >= 4 is 0 Å². The van der Waals surface area contributed by atoms with Crippen LogP contribution in [-0.4, -0.2) is 0 Å². The van der Waals surface area contributed by atoms with Crippen molar-refractivity contribution in [1.29, 1.82) is 0 Å². The minimum Gasteiger partial charge on any atom is -0.0885 e. The first-order chi connectivity index (χ1) is 13.7. The largest absolute Gasteiger partial charge is 0.0885 e. The van der Waals surface area contributed by atoms with Crippen molar-refractivity contribution in [3.8, 4) is 0 Å². The second-order valence-corrected chi connectivity index (χ2v) is 9.97. The lowest BCUT2D eigenvalue weighted by molar-refractivity contribution is -0.0171. The van der Waals surface area contributed by atoms with E-state index in [-0.39, 0.29) is 0 Å². The predicted octanol–water partition coefficient (Wildman–Crippen LogP) is 9.18. The SMILES string of the molecule is CCCCC1(CC)C2=C(CC=C2)C(C2CC=CCC2)C1(CCCC)CCCC. The molecule has 0 aromatic carbocycles. The lowest BCUT2D eigenvalue weighted by Gasteiger charge is -2.54. The van der Waals surface area contributed by atoms with Gasteiger partial charge in [-0.25, -0.2) is 0 Å². The van der Waals surface area contributed by atoms with E-state index in [4.69, 9.17) is 0 Å². The quantitative estimate of drug-likeness (QED) is 0.312. The van der Waals surface area contributed by atoms with Crippen molar-refractivity contribution in [3.05, 3.63) is 35.5 Å². The van der Waals surface area contributed by atoms with Crippen LogP contribution in [0.3, 0.4) is 0 Å². The zero-order valence-electron chi connectivity index (χ0n) is 19.4. The number of hydrogen-bond donors (Lipinski definition) is 0. The summed E-state index contributed by atoms with van der Waals surface area (Å²) in [4.78, 5) is 0. The third kappa shape index (κ3) is 3.59. The molecule has 0 N–H and O–H groups in total. The Morgan fingerprint density at radius 2 is 1.54 bits per heavy atom. The lowest BCUT2D eigenvalue weighted by atomic mass is 9.50. The maximum atomic E-state index is 2.60. The Morgan fingerprint density at radius 1 is 0.857 bits per heavy atom. The van der Waals surface area contributed by atoms with Crippen LogP contribution < -0.4 is 0 Å². The second kappa shape index (κ2) is 9.82. The summed E-state index contributed by atoms with van der Waals surface area (Å²) in [6, 6.07) is 0. The fourth-order valence-electron chi connectivity index (χ4n) is 7.52. The Hall–Kier alpha value is -0.780. The van der Waals surface area contributed by atoms with Gasteiger partial charge in [0.15, 0.2) is 0 Å². The Bertz CT molecular complexity index is 581. The summed E-state index contributed by atoms with van der Waals surface area (Å²) >= 11 is 0. The Balaban J connectivity index is 2.12. The molecule has 0 spiro atoms. The van der Waals surface area contributed by atoms with Gasteiger partial charge in [-0.15, -0.1) is 0 Å². The van der Waals surface area contributed by atoms with Crippen molar-refractivity contribution < 1.29 is 0 Å². The van der Waals surface area contributed by atoms with Gasteiger partial charge in [-0.3, -0.25) is 0 Å². The number of rotatable bonds is 11. The Morgan fingerprint density at radius 3 is 2.11 bits per heavy atom.